The number of nitrogens with one attached hydrogen (secondary N) is 1. The fourth-order valence-electron chi connectivity index (χ4n) is 2.68. The van der Waals surface area contributed by atoms with Crippen LogP contribution >= 0.6 is 0 Å². The number of alkyl halides is 3. The maximum Gasteiger partial charge on any atom is 0.573 e. The van der Waals surface area contributed by atoms with E-state index >= 15 is 0 Å². The number of nitrogens with zero attached hydrogens (tertiary/aromatic N) is 1. The summed E-state index contributed by atoms with van der Waals surface area (Å²) in [5.41, 5.74) is 0.320. The Kier molecular flexibility index (Phi) is 6.10. The van der Waals surface area contributed by atoms with Crippen molar-refractivity contribution in [3.63, 3.8) is 0 Å². The van der Waals surface area contributed by atoms with Gasteiger partial charge in [-0.25, -0.2) is 8.42 Å². The van der Waals surface area contributed by atoms with Gasteiger partial charge >= 0.3 is 6.36 Å². The van der Waals surface area contributed by atoms with Crippen molar-refractivity contribution in [1.29, 1.82) is 0 Å². The Morgan fingerprint density at radius 2 is 1.72 bits per heavy atom. The van der Waals surface area contributed by atoms with Crippen molar-refractivity contribution in [2.75, 3.05) is 31.6 Å². The molecule has 1 amide bonds. The number of rotatable bonds is 5. The summed E-state index contributed by atoms with van der Waals surface area (Å²) in [5, 5.41) is 2.50. The van der Waals surface area contributed by atoms with Gasteiger partial charge < -0.3 is 14.8 Å². The maximum absolute atomic E-state index is 12.7. The molecule has 1 aliphatic rings. The monoisotopic (exact) mass is 430 g/mol. The molecule has 2 aromatic rings. The molecule has 0 atom stereocenters. The summed E-state index contributed by atoms with van der Waals surface area (Å²) in [4.78, 5) is 12.4. The third kappa shape index (κ3) is 5.46. The van der Waals surface area contributed by atoms with Gasteiger partial charge in [-0.1, -0.05) is 6.07 Å². The molecule has 11 heteroatoms. The standard InChI is InChI=1S/C18H17F3N2O5S/c19-18(20,21)28-15-6-4-14(5-7-15)22-17(24)13-2-1-3-16(12-13)29(25,26)23-8-10-27-11-9-23/h1-7,12H,8-11H2,(H,22,24). The topological polar surface area (TPSA) is 84.9 Å². The molecular formula is C18H17F3N2O5S. The number of amides is 1. The van der Waals surface area contributed by atoms with Crippen LogP contribution in [0.25, 0.3) is 0 Å². The van der Waals surface area contributed by atoms with Crippen molar-refractivity contribution >= 4 is 21.6 Å². The molecule has 0 bridgehead atoms. The second-order valence-electron chi connectivity index (χ2n) is 6.07. The van der Waals surface area contributed by atoms with Crippen LogP contribution in [0.3, 0.4) is 0 Å². The molecule has 0 unspecified atom stereocenters. The average Bonchev–Trinajstić information content (AvgIpc) is 2.69. The molecule has 0 spiro atoms. The molecule has 0 aliphatic carbocycles. The van der Waals surface area contributed by atoms with Crippen molar-refractivity contribution in [2.45, 2.75) is 11.3 Å². The van der Waals surface area contributed by atoms with Gasteiger partial charge in [-0.2, -0.15) is 4.31 Å². The molecule has 2 aromatic carbocycles. The van der Waals surface area contributed by atoms with Crippen LogP contribution in [-0.4, -0.2) is 51.3 Å². The first-order chi connectivity index (χ1) is 13.6. The third-order valence-corrected chi connectivity index (χ3v) is 5.94. The molecule has 29 heavy (non-hydrogen) atoms. The summed E-state index contributed by atoms with van der Waals surface area (Å²) in [6.45, 7) is 1.05. The van der Waals surface area contributed by atoms with Crippen LogP contribution in [0, 0.1) is 0 Å². The van der Waals surface area contributed by atoms with Gasteiger partial charge in [0.1, 0.15) is 5.75 Å². The summed E-state index contributed by atoms with van der Waals surface area (Å²) >= 11 is 0. The molecule has 7 nitrogen and oxygen atoms in total. The molecule has 0 radical (unpaired) electrons. The minimum Gasteiger partial charge on any atom is -0.406 e. The second-order valence-corrected chi connectivity index (χ2v) is 8.01. The van der Waals surface area contributed by atoms with Gasteiger partial charge in [0, 0.05) is 24.3 Å². The fraction of sp³-hybridized carbons (Fsp3) is 0.278. The van der Waals surface area contributed by atoms with Crippen LogP contribution < -0.4 is 10.1 Å². The molecule has 1 aliphatic heterocycles. The number of ether oxygens (including phenoxy) is 2. The van der Waals surface area contributed by atoms with Crippen LogP contribution in [0.2, 0.25) is 0 Å². The molecule has 0 aromatic heterocycles. The van der Waals surface area contributed by atoms with E-state index in [9.17, 15) is 26.4 Å². The van der Waals surface area contributed by atoms with Crippen molar-refractivity contribution in [2.24, 2.45) is 0 Å². The first-order valence-electron chi connectivity index (χ1n) is 8.50. The summed E-state index contributed by atoms with van der Waals surface area (Å²) in [6, 6.07) is 10.1. The molecule has 1 fully saturated rings. The van der Waals surface area contributed by atoms with Crippen LogP contribution in [-0.2, 0) is 14.8 Å². The van der Waals surface area contributed by atoms with Crippen molar-refractivity contribution in [3.05, 3.63) is 54.1 Å². The Morgan fingerprint density at radius 1 is 1.07 bits per heavy atom. The van der Waals surface area contributed by atoms with E-state index in [-0.39, 0.29) is 29.2 Å². The number of morpholine rings is 1. The first-order valence-corrected chi connectivity index (χ1v) is 9.94. The zero-order valence-corrected chi connectivity index (χ0v) is 15.8. The lowest BCUT2D eigenvalue weighted by atomic mass is 10.2. The minimum atomic E-state index is -4.81. The Morgan fingerprint density at radius 3 is 2.34 bits per heavy atom. The zero-order chi connectivity index (χ0) is 21.1. The van der Waals surface area contributed by atoms with E-state index in [4.69, 9.17) is 4.74 Å². The van der Waals surface area contributed by atoms with E-state index in [1.807, 2.05) is 0 Å². The number of benzene rings is 2. The molecule has 1 N–H and O–H groups in total. The Bertz CT molecular complexity index is 972. The number of halogens is 3. The van der Waals surface area contributed by atoms with Crippen LogP contribution in [0.4, 0.5) is 18.9 Å². The largest absolute Gasteiger partial charge is 0.573 e. The van der Waals surface area contributed by atoms with Crippen molar-refractivity contribution in [3.8, 4) is 5.75 Å². The number of carbonyl (C=O) groups excluding carboxylic acids is 1. The van der Waals surface area contributed by atoms with E-state index in [0.717, 1.165) is 12.1 Å². The molecule has 1 saturated heterocycles. The molecule has 156 valence electrons. The van der Waals surface area contributed by atoms with Gasteiger partial charge in [0.05, 0.1) is 18.1 Å². The fourth-order valence-corrected chi connectivity index (χ4v) is 4.13. The van der Waals surface area contributed by atoms with E-state index in [2.05, 4.69) is 10.1 Å². The minimum absolute atomic E-state index is 0.0269. The van der Waals surface area contributed by atoms with Crippen LogP contribution in [0.1, 0.15) is 10.4 Å². The van der Waals surface area contributed by atoms with Crippen LogP contribution in [0.5, 0.6) is 5.75 Å². The highest BCUT2D eigenvalue weighted by atomic mass is 32.2. The Labute approximate surface area is 165 Å². The number of carbonyl (C=O) groups is 1. The SMILES string of the molecule is O=C(Nc1ccc(OC(F)(F)F)cc1)c1cccc(S(=O)(=O)N2CCOCC2)c1. The van der Waals surface area contributed by atoms with Crippen molar-refractivity contribution < 1.29 is 35.9 Å². The van der Waals surface area contributed by atoms with Gasteiger partial charge in [-0.3, -0.25) is 4.79 Å². The van der Waals surface area contributed by atoms with E-state index < -0.39 is 28.0 Å². The van der Waals surface area contributed by atoms with E-state index in [1.165, 1.54) is 40.7 Å². The predicted molar refractivity (Wildman–Crippen MR) is 97.1 cm³/mol. The normalized spacial score (nSPS) is 15.7. The molecular weight excluding hydrogens is 413 g/mol. The van der Waals surface area contributed by atoms with Gasteiger partial charge in [0.15, 0.2) is 0 Å². The lowest BCUT2D eigenvalue weighted by Crippen LogP contribution is -2.40. The van der Waals surface area contributed by atoms with Gasteiger partial charge in [0.2, 0.25) is 10.0 Å². The maximum atomic E-state index is 12.7. The van der Waals surface area contributed by atoms with E-state index in [0.29, 0.717) is 13.2 Å². The molecule has 3 rings (SSSR count). The Hall–Kier alpha value is -2.63. The summed E-state index contributed by atoms with van der Waals surface area (Å²) in [7, 11) is -3.76. The smallest absolute Gasteiger partial charge is 0.406 e. The number of sulfonamides is 1. The quantitative estimate of drug-likeness (QED) is 0.789. The van der Waals surface area contributed by atoms with E-state index in [1.54, 1.807) is 0 Å². The highest BCUT2D eigenvalue weighted by Gasteiger charge is 2.31. The lowest BCUT2D eigenvalue weighted by molar-refractivity contribution is -0.274. The molecule has 0 saturated carbocycles. The lowest BCUT2D eigenvalue weighted by Gasteiger charge is -2.26. The zero-order valence-electron chi connectivity index (χ0n) is 15.0. The highest BCUT2D eigenvalue weighted by molar-refractivity contribution is 7.89. The average molecular weight is 430 g/mol. The summed E-state index contributed by atoms with van der Waals surface area (Å²) in [6.07, 6.45) is -4.81. The predicted octanol–water partition coefficient (Wildman–Crippen LogP) is 2.86. The van der Waals surface area contributed by atoms with Crippen molar-refractivity contribution in [1.82, 2.24) is 4.31 Å². The summed E-state index contributed by atoms with van der Waals surface area (Å²) < 4.78 is 72.2. The summed E-state index contributed by atoms with van der Waals surface area (Å²) in [5.74, 6) is -1.03. The highest BCUT2D eigenvalue weighted by Crippen LogP contribution is 2.24. The molecule has 1 heterocycles. The Balaban J connectivity index is 1.72. The third-order valence-electron chi connectivity index (χ3n) is 4.05. The first kappa shape index (κ1) is 21.1. The number of hydrogen-bond acceptors (Lipinski definition) is 5. The second kappa shape index (κ2) is 8.39. The van der Waals surface area contributed by atoms with Gasteiger partial charge in [0.25, 0.3) is 5.91 Å². The van der Waals surface area contributed by atoms with Gasteiger partial charge in [-0.05, 0) is 42.5 Å². The number of anilines is 1. The number of hydrogen-bond donors (Lipinski definition) is 1. The van der Waals surface area contributed by atoms with Gasteiger partial charge in [-0.15, -0.1) is 13.2 Å². The van der Waals surface area contributed by atoms with Crippen LogP contribution in [0.15, 0.2) is 53.4 Å².